The Balaban J connectivity index is 1.32. The molecule has 1 aromatic heterocycles. The molecule has 7 heteroatoms. The highest BCUT2D eigenvalue weighted by Crippen LogP contribution is 2.24. The maximum absolute atomic E-state index is 5.95. The van der Waals surface area contributed by atoms with Crippen LogP contribution >= 0.6 is 11.6 Å². The first kappa shape index (κ1) is 19.5. The number of anilines is 1. The number of piperazine rings is 1. The van der Waals surface area contributed by atoms with Gasteiger partial charge in [0.25, 0.3) is 0 Å². The second-order valence-electron chi connectivity index (χ2n) is 6.90. The van der Waals surface area contributed by atoms with E-state index in [1.807, 2.05) is 48.5 Å². The van der Waals surface area contributed by atoms with Crippen LogP contribution in [0.3, 0.4) is 0 Å². The van der Waals surface area contributed by atoms with E-state index >= 15 is 0 Å². The number of rotatable bonds is 6. The average molecular weight is 411 g/mol. The van der Waals surface area contributed by atoms with E-state index in [2.05, 4.69) is 32.1 Å². The number of hydrogen-bond donors (Lipinski definition) is 0. The number of hydrogen-bond acceptors (Lipinski definition) is 6. The second kappa shape index (κ2) is 9.11. The Morgan fingerprint density at radius 2 is 1.69 bits per heavy atom. The molecule has 0 N–H and O–H groups in total. The summed E-state index contributed by atoms with van der Waals surface area (Å²) in [7, 11) is 1.60. The molecule has 0 aliphatic carbocycles. The summed E-state index contributed by atoms with van der Waals surface area (Å²) in [6, 6.07) is 19.4. The van der Waals surface area contributed by atoms with Crippen molar-refractivity contribution in [2.75, 3.05) is 38.2 Å². The summed E-state index contributed by atoms with van der Waals surface area (Å²) in [4.78, 5) is 4.69. The number of benzene rings is 2. The SMILES string of the molecule is COc1ccc(N2CCN(Cc3cccc(Oc4ccc(Cl)cc4)c3)CC2)nn1. The number of aromatic nitrogens is 2. The first-order valence-corrected chi connectivity index (χ1v) is 9.95. The van der Waals surface area contributed by atoms with Crippen molar-refractivity contribution in [1.29, 1.82) is 0 Å². The number of ether oxygens (including phenoxy) is 2. The lowest BCUT2D eigenvalue weighted by Crippen LogP contribution is -2.46. The van der Waals surface area contributed by atoms with Gasteiger partial charge in [-0.1, -0.05) is 23.7 Å². The fourth-order valence-electron chi connectivity index (χ4n) is 3.33. The van der Waals surface area contributed by atoms with Gasteiger partial charge in [-0.05, 0) is 48.0 Å². The van der Waals surface area contributed by atoms with Crippen molar-refractivity contribution >= 4 is 17.4 Å². The van der Waals surface area contributed by atoms with E-state index in [0.717, 1.165) is 50.0 Å². The number of nitrogens with zero attached hydrogens (tertiary/aromatic N) is 4. The molecule has 3 aromatic rings. The third-order valence-corrected chi connectivity index (χ3v) is 5.14. The summed E-state index contributed by atoms with van der Waals surface area (Å²) in [6.45, 7) is 4.66. The quantitative estimate of drug-likeness (QED) is 0.605. The van der Waals surface area contributed by atoms with Gasteiger partial charge in [0.2, 0.25) is 5.88 Å². The molecular formula is C22H23ClN4O2. The number of methoxy groups -OCH3 is 1. The Labute approximate surface area is 175 Å². The Hall–Kier alpha value is -2.83. The summed E-state index contributed by atoms with van der Waals surface area (Å²) in [5.41, 5.74) is 1.23. The van der Waals surface area contributed by atoms with E-state index in [-0.39, 0.29) is 0 Å². The zero-order chi connectivity index (χ0) is 20.1. The summed E-state index contributed by atoms with van der Waals surface area (Å²) in [5.74, 6) is 3.04. The van der Waals surface area contributed by atoms with Gasteiger partial charge in [-0.3, -0.25) is 4.90 Å². The van der Waals surface area contributed by atoms with Crippen molar-refractivity contribution in [2.24, 2.45) is 0 Å². The lowest BCUT2D eigenvalue weighted by molar-refractivity contribution is 0.249. The molecule has 29 heavy (non-hydrogen) atoms. The summed E-state index contributed by atoms with van der Waals surface area (Å²) in [5, 5.41) is 9.01. The van der Waals surface area contributed by atoms with Gasteiger partial charge in [0.1, 0.15) is 11.5 Å². The molecule has 0 unspecified atom stereocenters. The average Bonchev–Trinajstić information content (AvgIpc) is 2.76. The molecule has 0 amide bonds. The Kier molecular flexibility index (Phi) is 6.12. The Bertz CT molecular complexity index is 926. The van der Waals surface area contributed by atoms with Gasteiger partial charge in [-0.25, -0.2) is 0 Å². The van der Waals surface area contributed by atoms with Crippen LogP contribution in [0.5, 0.6) is 17.4 Å². The monoisotopic (exact) mass is 410 g/mol. The summed E-state index contributed by atoms with van der Waals surface area (Å²) < 4.78 is 11.0. The van der Waals surface area contributed by atoms with Crippen molar-refractivity contribution in [3.05, 3.63) is 71.2 Å². The molecule has 1 saturated heterocycles. The molecule has 2 aromatic carbocycles. The minimum atomic E-state index is 0.535. The molecule has 2 heterocycles. The van der Waals surface area contributed by atoms with Crippen LogP contribution in [0.4, 0.5) is 5.82 Å². The minimum Gasteiger partial charge on any atom is -0.480 e. The van der Waals surface area contributed by atoms with Crippen molar-refractivity contribution in [3.63, 3.8) is 0 Å². The molecule has 1 aliphatic rings. The molecule has 0 saturated carbocycles. The van der Waals surface area contributed by atoms with E-state index in [4.69, 9.17) is 21.1 Å². The number of halogens is 1. The molecule has 4 rings (SSSR count). The maximum Gasteiger partial charge on any atom is 0.233 e. The van der Waals surface area contributed by atoms with E-state index in [1.54, 1.807) is 7.11 Å². The van der Waals surface area contributed by atoms with Crippen molar-refractivity contribution in [1.82, 2.24) is 15.1 Å². The normalized spacial score (nSPS) is 14.6. The van der Waals surface area contributed by atoms with Gasteiger partial charge in [-0.15, -0.1) is 10.2 Å². The lowest BCUT2D eigenvalue weighted by Gasteiger charge is -2.35. The molecule has 0 bridgehead atoms. The van der Waals surface area contributed by atoms with Gasteiger partial charge in [-0.2, -0.15) is 0 Å². The van der Waals surface area contributed by atoms with Gasteiger partial charge < -0.3 is 14.4 Å². The highest BCUT2D eigenvalue weighted by atomic mass is 35.5. The van der Waals surface area contributed by atoms with E-state index < -0.39 is 0 Å². The van der Waals surface area contributed by atoms with Gasteiger partial charge in [0.05, 0.1) is 7.11 Å². The van der Waals surface area contributed by atoms with E-state index in [0.29, 0.717) is 10.9 Å². The molecule has 1 aliphatic heterocycles. The summed E-state index contributed by atoms with van der Waals surface area (Å²) in [6.07, 6.45) is 0. The molecule has 0 radical (unpaired) electrons. The Morgan fingerprint density at radius 1 is 0.897 bits per heavy atom. The van der Waals surface area contributed by atoms with Gasteiger partial charge in [0, 0.05) is 43.8 Å². The highest BCUT2D eigenvalue weighted by Gasteiger charge is 2.18. The molecule has 6 nitrogen and oxygen atoms in total. The van der Waals surface area contributed by atoms with Crippen molar-refractivity contribution < 1.29 is 9.47 Å². The fourth-order valence-corrected chi connectivity index (χ4v) is 3.46. The maximum atomic E-state index is 5.95. The van der Waals surface area contributed by atoms with Crippen LogP contribution in [0.15, 0.2) is 60.7 Å². The fraction of sp³-hybridized carbons (Fsp3) is 0.273. The Morgan fingerprint density at radius 3 is 2.38 bits per heavy atom. The van der Waals surface area contributed by atoms with Crippen LogP contribution in [0.2, 0.25) is 5.02 Å². The smallest absolute Gasteiger partial charge is 0.233 e. The minimum absolute atomic E-state index is 0.535. The van der Waals surface area contributed by atoms with E-state index in [1.165, 1.54) is 5.56 Å². The van der Waals surface area contributed by atoms with E-state index in [9.17, 15) is 0 Å². The first-order chi connectivity index (χ1) is 14.2. The van der Waals surface area contributed by atoms with Crippen LogP contribution in [-0.2, 0) is 6.54 Å². The predicted molar refractivity (Wildman–Crippen MR) is 114 cm³/mol. The topological polar surface area (TPSA) is 50.7 Å². The van der Waals surface area contributed by atoms with Gasteiger partial charge in [0.15, 0.2) is 5.82 Å². The van der Waals surface area contributed by atoms with Crippen LogP contribution in [0, 0.1) is 0 Å². The second-order valence-corrected chi connectivity index (χ2v) is 7.34. The molecular weight excluding hydrogens is 388 g/mol. The first-order valence-electron chi connectivity index (χ1n) is 9.57. The van der Waals surface area contributed by atoms with Crippen LogP contribution in [0.25, 0.3) is 0 Å². The lowest BCUT2D eigenvalue weighted by atomic mass is 10.2. The van der Waals surface area contributed by atoms with Gasteiger partial charge >= 0.3 is 0 Å². The third kappa shape index (κ3) is 5.16. The molecule has 0 spiro atoms. The van der Waals surface area contributed by atoms with Crippen LogP contribution < -0.4 is 14.4 Å². The molecule has 0 atom stereocenters. The largest absolute Gasteiger partial charge is 0.480 e. The molecule has 150 valence electrons. The predicted octanol–water partition coefficient (Wildman–Crippen LogP) is 4.25. The standard InChI is InChI=1S/C22H23ClN4O2/c1-28-22-10-9-21(24-25-22)27-13-11-26(12-14-27)16-17-3-2-4-20(15-17)29-19-7-5-18(23)6-8-19/h2-10,15H,11-14,16H2,1H3. The third-order valence-electron chi connectivity index (χ3n) is 4.89. The van der Waals surface area contributed by atoms with Crippen LogP contribution in [0.1, 0.15) is 5.56 Å². The highest BCUT2D eigenvalue weighted by molar-refractivity contribution is 6.30. The summed E-state index contributed by atoms with van der Waals surface area (Å²) >= 11 is 5.93. The zero-order valence-electron chi connectivity index (χ0n) is 16.3. The van der Waals surface area contributed by atoms with Crippen molar-refractivity contribution in [2.45, 2.75) is 6.54 Å². The molecule has 1 fully saturated rings. The van der Waals surface area contributed by atoms with Crippen molar-refractivity contribution in [3.8, 4) is 17.4 Å². The van der Waals surface area contributed by atoms with Crippen LogP contribution in [-0.4, -0.2) is 48.4 Å². The zero-order valence-corrected chi connectivity index (χ0v) is 17.0.